The highest BCUT2D eigenvalue weighted by Gasteiger charge is 2.15. The van der Waals surface area contributed by atoms with Crippen LogP contribution in [0.25, 0.3) is 0 Å². The second-order valence-electron chi connectivity index (χ2n) is 4.80. The van der Waals surface area contributed by atoms with Crippen LogP contribution in [0.2, 0.25) is 10.0 Å². The highest BCUT2D eigenvalue weighted by atomic mass is 35.5. The summed E-state index contributed by atoms with van der Waals surface area (Å²) in [6, 6.07) is 7.02. The molecule has 0 amide bonds. The van der Waals surface area contributed by atoms with Crippen molar-refractivity contribution in [3.05, 3.63) is 57.0 Å². The predicted octanol–water partition coefficient (Wildman–Crippen LogP) is 4.44. The van der Waals surface area contributed by atoms with Gasteiger partial charge in [0.15, 0.2) is 0 Å². The van der Waals surface area contributed by atoms with E-state index in [0.717, 1.165) is 5.56 Å². The van der Waals surface area contributed by atoms with Crippen LogP contribution in [0.4, 0.5) is 0 Å². The minimum absolute atomic E-state index is 0.0200. The minimum Gasteiger partial charge on any atom is -0.475 e. The number of aromatic carboxylic acids is 1. The number of carboxylic acid groups (broad SMARTS) is 1. The topological polar surface area (TPSA) is 62.5 Å². The third kappa shape index (κ3) is 3.79. The van der Waals surface area contributed by atoms with Crippen molar-refractivity contribution in [3.63, 3.8) is 0 Å². The molecule has 2 N–H and O–H groups in total. The van der Waals surface area contributed by atoms with Gasteiger partial charge in [-0.15, -0.1) is 0 Å². The van der Waals surface area contributed by atoms with Crippen molar-refractivity contribution in [3.8, 4) is 0 Å². The molecule has 1 aromatic carbocycles. The molecule has 0 spiro atoms. The van der Waals surface area contributed by atoms with Gasteiger partial charge in [0.1, 0.15) is 5.76 Å². The lowest BCUT2D eigenvalue weighted by atomic mass is 10.1. The van der Waals surface area contributed by atoms with Crippen molar-refractivity contribution in [2.45, 2.75) is 26.4 Å². The maximum atomic E-state index is 10.9. The van der Waals surface area contributed by atoms with E-state index in [1.165, 1.54) is 0 Å². The molecule has 0 bridgehead atoms. The lowest BCUT2D eigenvalue weighted by Gasteiger charge is -2.15. The van der Waals surface area contributed by atoms with Crippen molar-refractivity contribution >= 4 is 29.2 Å². The van der Waals surface area contributed by atoms with Crippen molar-refractivity contribution < 1.29 is 14.3 Å². The summed E-state index contributed by atoms with van der Waals surface area (Å²) in [5, 5.41) is 13.4. The summed E-state index contributed by atoms with van der Waals surface area (Å²) in [7, 11) is 0. The average molecular weight is 328 g/mol. The first-order valence-corrected chi connectivity index (χ1v) is 7.15. The number of aryl methyl sites for hydroxylation is 1. The molecule has 0 saturated carbocycles. The lowest BCUT2D eigenvalue weighted by Crippen LogP contribution is -2.18. The van der Waals surface area contributed by atoms with E-state index in [1.807, 2.05) is 13.0 Å². The van der Waals surface area contributed by atoms with Gasteiger partial charge in [0.25, 0.3) is 0 Å². The Hall–Kier alpha value is -1.49. The normalized spacial score (nSPS) is 12.4. The number of nitrogens with one attached hydrogen (secondary N) is 1. The monoisotopic (exact) mass is 327 g/mol. The molecule has 0 aliphatic heterocycles. The molecule has 1 atom stereocenters. The molecule has 0 saturated heterocycles. The Labute approximate surface area is 132 Å². The van der Waals surface area contributed by atoms with Crippen molar-refractivity contribution in [1.29, 1.82) is 0 Å². The first kappa shape index (κ1) is 15.9. The van der Waals surface area contributed by atoms with Crippen molar-refractivity contribution in [2.75, 3.05) is 0 Å². The van der Waals surface area contributed by atoms with Gasteiger partial charge >= 0.3 is 5.97 Å². The Balaban J connectivity index is 2.05. The number of furan rings is 1. The maximum Gasteiger partial charge on any atom is 0.372 e. The summed E-state index contributed by atoms with van der Waals surface area (Å²) in [5.74, 6) is -0.515. The average Bonchev–Trinajstić information content (AvgIpc) is 2.77. The van der Waals surface area contributed by atoms with Crippen LogP contribution < -0.4 is 5.32 Å². The molecule has 112 valence electrons. The fraction of sp³-hybridized carbons (Fsp3) is 0.267. The fourth-order valence-electron chi connectivity index (χ4n) is 2.06. The zero-order chi connectivity index (χ0) is 15.6. The number of benzene rings is 1. The number of halogens is 2. The maximum absolute atomic E-state index is 10.9. The molecule has 1 unspecified atom stereocenters. The number of hydrogen-bond donors (Lipinski definition) is 2. The Morgan fingerprint density at radius 2 is 2.10 bits per heavy atom. The van der Waals surface area contributed by atoms with E-state index in [2.05, 4.69) is 5.32 Å². The second kappa shape index (κ2) is 6.52. The lowest BCUT2D eigenvalue weighted by molar-refractivity contribution is 0.0659. The summed E-state index contributed by atoms with van der Waals surface area (Å²) in [6.45, 7) is 4.08. The van der Waals surface area contributed by atoms with Gasteiger partial charge in [-0.3, -0.25) is 0 Å². The zero-order valence-corrected chi connectivity index (χ0v) is 13.1. The van der Waals surface area contributed by atoms with Crippen LogP contribution in [0.15, 0.2) is 28.7 Å². The van der Waals surface area contributed by atoms with Gasteiger partial charge in [0.05, 0.1) is 6.54 Å². The first-order chi connectivity index (χ1) is 9.88. The standard InChI is InChI=1S/C15H15Cl2NO3/c1-8-5-11(21-14(8)15(19)20)7-18-9(2)12-4-3-10(16)6-13(12)17/h3-6,9,18H,7H2,1-2H3,(H,19,20). The Morgan fingerprint density at radius 3 is 2.67 bits per heavy atom. The highest BCUT2D eigenvalue weighted by Crippen LogP contribution is 2.26. The molecule has 2 aromatic rings. The van der Waals surface area contributed by atoms with E-state index in [0.29, 0.717) is 27.9 Å². The highest BCUT2D eigenvalue weighted by molar-refractivity contribution is 6.35. The summed E-state index contributed by atoms with van der Waals surface area (Å²) in [5.41, 5.74) is 1.53. The van der Waals surface area contributed by atoms with Gasteiger partial charge in [-0.2, -0.15) is 0 Å². The van der Waals surface area contributed by atoms with Crippen LogP contribution in [0.5, 0.6) is 0 Å². The van der Waals surface area contributed by atoms with Crippen LogP contribution in [-0.2, 0) is 6.54 Å². The largest absolute Gasteiger partial charge is 0.475 e. The van der Waals surface area contributed by atoms with Crippen LogP contribution >= 0.6 is 23.2 Å². The van der Waals surface area contributed by atoms with Gasteiger partial charge in [-0.05, 0) is 37.6 Å². The predicted molar refractivity (Wildman–Crippen MR) is 82.1 cm³/mol. The van der Waals surface area contributed by atoms with Crippen LogP contribution in [-0.4, -0.2) is 11.1 Å². The minimum atomic E-state index is -1.06. The molecule has 0 fully saturated rings. The van der Waals surface area contributed by atoms with E-state index in [-0.39, 0.29) is 11.8 Å². The zero-order valence-electron chi connectivity index (χ0n) is 11.6. The third-order valence-electron chi connectivity index (χ3n) is 3.17. The molecule has 21 heavy (non-hydrogen) atoms. The van der Waals surface area contributed by atoms with E-state index >= 15 is 0 Å². The van der Waals surface area contributed by atoms with Gasteiger partial charge in [-0.1, -0.05) is 29.3 Å². The fourth-order valence-corrected chi connectivity index (χ4v) is 2.64. The van der Waals surface area contributed by atoms with Gasteiger partial charge in [0, 0.05) is 21.7 Å². The van der Waals surface area contributed by atoms with Gasteiger partial charge in [-0.25, -0.2) is 4.79 Å². The number of carboxylic acids is 1. The number of hydrogen-bond acceptors (Lipinski definition) is 3. The van der Waals surface area contributed by atoms with Gasteiger partial charge in [0.2, 0.25) is 5.76 Å². The Morgan fingerprint density at radius 1 is 1.38 bits per heavy atom. The van der Waals surface area contributed by atoms with E-state index in [9.17, 15) is 4.79 Å². The van der Waals surface area contributed by atoms with Crippen molar-refractivity contribution in [1.82, 2.24) is 5.32 Å². The Bertz CT molecular complexity index is 667. The number of carbonyl (C=O) groups is 1. The third-order valence-corrected chi connectivity index (χ3v) is 3.74. The molecule has 0 aliphatic rings. The summed E-state index contributed by atoms with van der Waals surface area (Å²) in [4.78, 5) is 10.9. The molecule has 2 rings (SSSR count). The molecular formula is C15H15Cl2NO3. The van der Waals surface area contributed by atoms with Crippen LogP contribution in [0, 0.1) is 6.92 Å². The quantitative estimate of drug-likeness (QED) is 0.851. The second-order valence-corrected chi connectivity index (χ2v) is 5.64. The molecule has 6 heteroatoms. The molecule has 4 nitrogen and oxygen atoms in total. The van der Waals surface area contributed by atoms with Crippen LogP contribution in [0.3, 0.4) is 0 Å². The SMILES string of the molecule is Cc1cc(CNC(C)c2ccc(Cl)cc2Cl)oc1C(=O)O. The smallest absolute Gasteiger partial charge is 0.372 e. The summed E-state index contributed by atoms with van der Waals surface area (Å²) >= 11 is 12.0. The molecule has 1 heterocycles. The van der Waals surface area contributed by atoms with E-state index in [1.54, 1.807) is 25.1 Å². The van der Waals surface area contributed by atoms with E-state index in [4.69, 9.17) is 32.7 Å². The number of rotatable bonds is 5. The van der Waals surface area contributed by atoms with Gasteiger partial charge < -0.3 is 14.8 Å². The molecule has 1 aromatic heterocycles. The van der Waals surface area contributed by atoms with E-state index < -0.39 is 5.97 Å². The van der Waals surface area contributed by atoms with Crippen LogP contribution in [0.1, 0.15) is 40.4 Å². The first-order valence-electron chi connectivity index (χ1n) is 6.39. The molecule has 0 radical (unpaired) electrons. The Kier molecular flexibility index (Phi) is 4.93. The van der Waals surface area contributed by atoms with Crippen molar-refractivity contribution in [2.24, 2.45) is 0 Å². The summed E-state index contributed by atoms with van der Waals surface area (Å²) < 4.78 is 5.30. The summed E-state index contributed by atoms with van der Waals surface area (Å²) in [6.07, 6.45) is 0. The molecular weight excluding hydrogens is 313 g/mol. The molecule has 0 aliphatic carbocycles.